The van der Waals surface area contributed by atoms with Gasteiger partial charge in [-0.2, -0.15) is 0 Å². The molecular formula is C53H36N4. The van der Waals surface area contributed by atoms with Gasteiger partial charge in [-0.3, -0.25) is 0 Å². The van der Waals surface area contributed by atoms with E-state index in [1.165, 1.54) is 22.3 Å². The van der Waals surface area contributed by atoms with Gasteiger partial charge in [0.15, 0.2) is 5.82 Å². The van der Waals surface area contributed by atoms with Gasteiger partial charge in [0.1, 0.15) is 0 Å². The maximum Gasteiger partial charge on any atom is 0.160 e. The van der Waals surface area contributed by atoms with Crippen molar-refractivity contribution in [3.63, 3.8) is 0 Å². The molecule has 3 aromatic heterocycles. The van der Waals surface area contributed by atoms with E-state index in [1.807, 2.05) is 30.3 Å². The van der Waals surface area contributed by atoms with Crippen molar-refractivity contribution in [2.75, 3.05) is 0 Å². The number of fused-ring (bicyclic) bond motifs is 8. The fraction of sp³-hybridized carbons (Fsp3) is 0.0566. The van der Waals surface area contributed by atoms with E-state index in [9.17, 15) is 0 Å². The summed E-state index contributed by atoms with van der Waals surface area (Å²) in [7, 11) is 0. The molecule has 4 nitrogen and oxygen atoms in total. The quantitative estimate of drug-likeness (QED) is 0.166. The Morgan fingerprint density at radius 2 is 0.930 bits per heavy atom. The average molecular weight is 729 g/mol. The molecule has 0 saturated heterocycles. The summed E-state index contributed by atoms with van der Waals surface area (Å²) < 4.78 is 0. The maximum absolute atomic E-state index is 5.37. The normalized spacial score (nSPS) is 12.9. The molecule has 1 aliphatic carbocycles. The monoisotopic (exact) mass is 728 g/mol. The molecule has 0 bridgehead atoms. The van der Waals surface area contributed by atoms with Crippen LogP contribution < -0.4 is 0 Å². The van der Waals surface area contributed by atoms with Gasteiger partial charge >= 0.3 is 0 Å². The predicted molar refractivity (Wildman–Crippen MR) is 235 cm³/mol. The third-order valence-electron chi connectivity index (χ3n) is 11.7. The van der Waals surface area contributed by atoms with E-state index in [4.69, 9.17) is 19.9 Å². The van der Waals surface area contributed by atoms with E-state index in [0.717, 1.165) is 83.2 Å². The summed E-state index contributed by atoms with van der Waals surface area (Å²) in [5.74, 6) is 0.693. The highest BCUT2D eigenvalue weighted by atomic mass is 14.9. The standard InChI is InChI=1S/C53H36N4/c1-53(2)43-21-13-12-20-38(43)41-30-36(22-26-44(41)53)48-32-49(57-52(56-48)35-18-10-5-11-19-35)37-23-27-47-42(31-37)39-24-29-46-40(25-28-45(54-46)33-14-6-3-7-15-33)50(39)51(55-47)34-16-8-4-9-17-34/h3-32H,1-2H3. The predicted octanol–water partition coefficient (Wildman–Crippen LogP) is 13.4. The number of hydrogen-bond acceptors (Lipinski definition) is 4. The smallest absolute Gasteiger partial charge is 0.160 e. The van der Waals surface area contributed by atoms with Gasteiger partial charge in [-0.1, -0.05) is 153 Å². The van der Waals surface area contributed by atoms with Gasteiger partial charge in [0, 0.05) is 49.4 Å². The first-order valence-corrected chi connectivity index (χ1v) is 19.5. The first-order chi connectivity index (χ1) is 28.0. The molecule has 7 aromatic carbocycles. The molecule has 0 fully saturated rings. The fourth-order valence-corrected chi connectivity index (χ4v) is 8.78. The van der Waals surface area contributed by atoms with Crippen molar-refractivity contribution >= 4 is 32.6 Å². The van der Waals surface area contributed by atoms with Gasteiger partial charge in [0.2, 0.25) is 0 Å². The van der Waals surface area contributed by atoms with Crippen LogP contribution in [0, 0.1) is 0 Å². The Morgan fingerprint density at radius 3 is 1.68 bits per heavy atom. The lowest BCUT2D eigenvalue weighted by Gasteiger charge is -2.21. The van der Waals surface area contributed by atoms with E-state index in [1.54, 1.807) is 0 Å². The van der Waals surface area contributed by atoms with Crippen LogP contribution in [0.4, 0.5) is 0 Å². The lowest BCUT2D eigenvalue weighted by Crippen LogP contribution is -2.14. The Kier molecular flexibility index (Phi) is 7.48. The summed E-state index contributed by atoms with van der Waals surface area (Å²) in [5, 5.41) is 4.35. The van der Waals surface area contributed by atoms with E-state index < -0.39 is 0 Å². The summed E-state index contributed by atoms with van der Waals surface area (Å²) in [5.41, 5.74) is 15.9. The lowest BCUT2D eigenvalue weighted by atomic mass is 9.82. The molecule has 0 N–H and O–H groups in total. The van der Waals surface area contributed by atoms with Gasteiger partial charge < -0.3 is 0 Å². The van der Waals surface area contributed by atoms with Crippen molar-refractivity contribution in [2.24, 2.45) is 0 Å². The van der Waals surface area contributed by atoms with Crippen molar-refractivity contribution in [2.45, 2.75) is 19.3 Å². The summed E-state index contributed by atoms with van der Waals surface area (Å²) in [6, 6.07) is 64.0. The molecule has 3 heterocycles. The highest BCUT2D eigenvalue weighted by molar-refractivity contribution is 6.21. The molecule has 0 radical (unpaired) electrons. The molecule has 0 amide bonds. The van der Waals surface area contributed by atoms with Crippen LogP contribution in [0.5, 0.6) is 0 Å². The minimum atomic E-state index is -0.0651. The molecule has 11 rings (SSSR count). The van der Waals surface area contributed by atoms with Gasteiger partial charge in [0.25, 0.3) is 0 Å². The average Bonchev–Trinajstić information content (AvgIpc) is 3.51. The molecule has 10 aromatic rings. The largest absolute Gasteiger partial charge is 0.248 e. The Balaban J connectivity index is 1.12. The summed E-state index contributed by atoms with van der Waals surface area (Å²) in [4.78, 5) is 21.0. The zero-order valence-electron chi connectivity index (χ0n) is 31.6. The molecule has 0 unspecified atom stereocenters. The first kappa shape index (κ1) is 33.1. The van der Waals surface area contributed by atoms with Crippen LogP contribution in [0.2, 0.25) is 0 Å². The fourth-order valence-electron chi connectivity index (χ4n) is 8.78. The Hall–Kier alpha value is -7.30. The minimum Gasteiger partial charge on any atom is -0.248 e. The second-order valence-corrected chi connectivity index (χ2v) is 15.4. The second-order valence-electron chi connectivity index (χ2n) is 15.4. The first-order valence-electron chi connectivity index (χ1n) is 19.5. The van der Waals surface area contributed by atoms with Crippen LogP contribution >= 0.6 is 0 Å². The van der Waals surface area contributed by atoms with Crippen molar-refractivity contribution in [1.82, 2.24) is 19.9 Å². The van der Waals surface area contributed by atoms with Gasteiger partial charge in [0.05, 0.1) is 33.8 Å². The molecule has 0 saturated carbocycles. The highest BCUT2D eigenvalue weighted by Crippen LogP contribution is 2.49. The topological polar surface area (TPSA) is 51.6 Å². The highest BCUT2D eigenvalue weighted by Gasteiger charge is 2.35. The number of nitrogens with zero attached hydrogens (tertiary/aromatic N) is 4. The molecular weight excluding hydrogens is 693 g/mol. The van der Waals surface area contributed by atoms with Crippen molar-refractivity contribution in [3.8, 4) is 67.5 Å². The van der Waals surface area contributed by atoms with Crippen LogP contribution in [0.25, 0.3) is 100 Å². The Morgan fingerprint density at radius 1 is 0.351 bits per heavy atom. The third-order valence-corrected chi connectivity index (χ3v) is 11.7. The molecule has 1 aliphatic rings. The number of benzene rings is 7. The minimum absolute atomic E-state index is 0.0651. The van der Waals surface area contributed by atoms with Crippen LogP contribution in [0.15, 0.2) is 182 Å². The summed E-state index contributed by atoms with van der Waals surface area (Å²) >= 11 is 0. The molecule has 0 spiro atoms. The zero-order chi connectivity index (χ0) is 38.1. The molecule has 0 aliphatic heterocycles. The second kappa shape index (κ2) is 12.9. The van der Waals surface area contributed by atoms with Crippen LogP contribution in [0.3, 0.4) is 0 Å². The summed E-state index contributed by atoms with van der Waals surface area (Å²) in [6.07, 6.45) is 0. The SMILES string of the molecule is CC1(C)c2ccccc2-c2cc(-c3cc(-c4ccc5nc(-c6ccccc6)c6c7ccc(-c8ccccc8)nc7ccc6c5c4)nc(-c4ccccc4)n3)ccc21. The van der Waals surface area contributed by atoms with Crippen molar-refractivity contribution in [1.29, 1.82) is 0 Å². The Bertz CT molecular complexity index is 3190. The lowest BCUT2D eigenvalue weighted by molar-refractivity contribution is 0.660. The zero-order valence-corrected chi connectivity index (χ0v) is 31.6. The molecule has 0 atom stereocenters. The van der Waals surface area contributed by atoms with Crippen molar-refractivity contribution in [3.05, 3.63) is 193 Å². The number of rotatable bonds is 5. The number of pyridine rings is 2. The van der Waals surface area contributed by atoms with E-state index >= 15 is 0 Å². The van der Waals surface area contributed by atoms with E-state index in [0.29, 0.717) is 5.82 Å². The van der Waals surface area contributed by atoms with Gasteiger partial charge in [-0.05, 0) is 70.1 Å². The van der Waals surface area contributed by atoms with Crippen LogP contribution in [-0.2, 0) is 5.41 Å². The van der Waals surface area contributed by atoms with Gasteiger partial charge in [-0.15, -0.1) is 0 Å². The van der Waals surface area contributed by atoms with Crippen LogP contribution in [-0.4, -0.2) is 19.9 Å². The van der Waals surface area contributed by atoms with Crippen molar-refractivity contribution < 1.29 is 0 Å². The molecule has 4 heteroatoms. The van der Waals surface area contributed by atoms with E-state index in [2.05, 4.69) is 166 Å². The maximum atomic E-state index is 5.37. The number of aromatic nitrogens is 4. The molecule has 268 valence electrons. The number of hydrogen-bond donors (Lipinski definition) is 0. The summed E-state index contributed by atoms with van der Waals surface area (Å²) in [6.45, 7) is 4.63. The Labute approximate surface area is 331 Å². The molecule has 57 heavy (non-hydrogen) atoms. The third kappa shape index (κ3) is 5.44. The van der Waals surface area contributed by atoms with Crippen LogP contribution in [0.1, 0.15) is 25.0 Å². The van der Waals surface area contributed by atoms with Gasteiger partial charge in [-0.25, -0.2) is 19.9 Å². The van der Waals surface area contributed by atoms with E-state index in [-0.39, 0.29) is 5.41 Å².